The van der Waals surface area contributed by atoms with E-state index in [-0.39, 0.29) is 18.0 Å². The second-order valence-electron chi connectivity index (χ2n) is 4.89. The molecule has 6 heteroatoms. The van der Waals surface area contributed by atoms with Gasteiger partial charge in [0, 0.05) is 12.1 Å². The molecule has 0 aliphatic carbocycles. The molecule has 6 nitrogen and oxygen atoms in total. The lowest BCUT2D eigenvalue weighted by molar-refractivity contribution is -0.121. The summed E-state index contributed by atoms with van der Waals surface area (Å²) in [7, 11) is 0. The molecule has 2 N–H and O–H groups in total. The molecule has 0 saturated heterocycles. The van der Waals surface area contributed by atoms with E-state index in [4.69, 9.17) is 0 Å². The van der Waals surface area contributed by atoms with Gasteiger partial charge in [-0.25, -0.2) is 9.67 Å². The highest BCUT2D eigenvalue weighted by molar-refractivity contribution is 5.78. The maximum Gasteiger partial charge on any atom is 0.234 e. The third-order valence-electron chi connectivity index (χ3n) is 2.08. The van der Waals surface area contributed by atoms with Gasteiger partial charge in [0.25, 0.3) is 0 Å². The Morgan fingerprint density at radius 2 is 2.18 bits per heavy atom. The summed E-state index contributed by atoms with van der Waals surface area (Å²) >= 11 is 0. The number of nitrogens with one attached hydrogen (secondary N) is 2. The van der Waals surface area contributed by atoms with Crippen LogP contribution < -0.4 is 10.6 Å². The summed E-state index contributed by atoms with van der Waals surface area (Å²) in [6, 6.07) is 0. The van der Waals surface area contributed by atoms with E-state index in [1.165, 1.54) is 6.33 Å². The van der Waals surface area contributed by atoms with Crippen molar-refractivity contribution in [2.75, 3.05) is 6.54 Å². The molecule has 0 saturated carbocycles. The van der Waals surface area contributed by atoms with E-state index in [9.17, 15) is 4.79 Å². The lowest BCUT2D eigenvalue weighted by atomic mass is 10.1. The maximum absolute atomic E-state index is 11.5. The molecule has 0 spiro atoms. The highest BCUT2D eigenvalue weighted by Crippen LogP contribution is 1.97. The summed E-state index contributed by atoms with van der Waals surface area (Å²) in [6.45, 7) is 9.49. The molecule has 0 fully saturated rings. The van der Waals surface area contributed by atoms with Gasteiger partial charge in [-0.1, -0.05) is 0 Å². The summed E-state index contributed by atoms with van der Waals surface area (Å²) < 4.78 is 1.80. The van der Waals surface area contributed by atoms with Gasteiger partial charge in [0.05, 0.1) is 13.1 Å². The Labute approximate surface area is 102 Å². The van der Waals surface area contributed by atoms with Crippen LogP contribution in [0.3, 0.4) is 0 Å². The van der Waals surface area contributed by atoms with E-state index < -0.39 is 0 Å². The van der Waals surface area contributed by atoms with E-state index in [0.29, 0.717) is 6.54 Å². The van der Waals surface area contributed by atoms with Crippen molar-refractivity contribution < 1.29 is 4.79 Å². The molecule has 0 unspecified atom stereocenters. The molecule has 0 bridgehead atoms. The Morgan fingerprint density at radius 3 is 2.76 bits per heavy atom. The molecule has 0 aliphatic rings. The standard InChI is InChI=1S/C11H21N5O/c1-5-16-9(13-8-14-16)6-12-7-10(17)15-11(2,3)4/h8,12H,5-7H2,1-4H3,(H,15,17). The van der Waals surface area contributed by atoms with Crippen LogP contribution in [0.5, 0.6) is 0 Å². The SMILES string of the molecule is CCn1ncnc1CNCC(=O)NC(C)(C)C. The van der Waals surface area contributed by atoms with Crippen LogP contribution in [-0.2, 0) is 17.9 Å². The van der Waals surface area contributed by atoms with Crippen molar-refractivity contribution in [1.29, 1.82) is 0 Å². The fourth-order valence-corrected chi connectivity index (χ4v) is 1.44. The van der Waals surface area contributed by atoms with Crippen molar-refractivity contribution in [1.82, 2.24) is 25.4 Å². The molecular weight excluding hydrogens is 218 g/mol. The first kappa shape index (κ1) is 13.6. The van der Waals surface area contributed by atoms with Crippen LogP contribution in [0.15, 0.2) is 6.33 Å². The summed E-state index contributed by atoms with van der Waals surface area (Å²) in [4.78, 5) is 15.6. The number of aryl methyl sites for hydroxylation is 1. The van der Waals surface area contributed by atoms with Crippen LogP contribution in [0.1, 0.15) is 33.5 Å². The molecule has 1 rings (SSSR count). The topological polar surface area (TPSA) is 71.8 Å². The van der Waals surface area contributed by atoms with Gasteiger partial charge < -0.3 is 10.6 Å². The van der Waals surface area contributed by atoms with E-state index >= 15 is 0 Å². The zero-order valence-electron chi connectivity index (χ0n) is 10.9. The van der Waals surface area contributed by atoms with Crippen LogP contribution in [0, 0.1) is 0 Å². The molecular formula is C11H21N5O. The Kier molecular flexibility index (Phi) is 4.62. The molecule has 0 aliphatic heterocycles. The van der Waals surface area contributed by atoms with Crippen LogP contribution in [-0.4, -0.2) is 32.8 Å². The van der Waals surface area contributed by atoms with Crippen LogP contribution in [0.2, 0.25) is 0 Å². The number of rotatable bonds is 5. The first-order valence-electron chi connectivity index (χ1n) is 5.81. The van der Waals surface area contributed by atoms with Gasteiger partial charge in [-0.3, -0.25) is 4.79 Å². The number of amides is 1. The summed E-state index contributed by atoms with van der Waals surface area (Å²) in [5, 5.41) is 9.99. The van der Waals surface area contributed by atoms with Crippen LogP contribution in [0.4, 0.5) is 0 Å². The molecule has 0 aromatic carbocycles. The molecule has 1 heterocycles. The molecule has 96 valence electrons. The maximum atomic E-state index is 11.5. The zero-order chi connectivity index (χ0) is 12.9. The molecule has 0 atom stereocenters. The smallest absolute Gasteiger partial charge is 0.234 e. The van der Waals surface area contributed by atoms with Gasteiger partial charge in [-0.15, -0.1) is 0 Å². The largest absolute Gasteiger partial charge is 0.350 e. The number of hydrogen-bond acceptors (Lipinski definition) is 4. The van der Waals surface area contributed by atoms with Gasteiger partial charge in [0.2, 0.25) is 5.91 Å². The lowest BCUT2D eigenvalue weighted by Crippen LogP contribution is -2.44. The average molecular weight is 239 g/mol. The summed E-state index contributed by atoms with van der Waals surface area (Å²) in [6.07, 6.45) is 1.52. The number of carbonyl (C=O) groups is 1. The predicted octanol–water partition coefficient (Wildman–Crippen LogP) is 0.302. The highest BCUT2D eigenvalue weighted by Gasteiger charge is 2.13. The Balaban J connectivity index is 2.31. The van der Waals surface area contributed by atoms with E-state index in [2.05, 4.69) is 20.7 Å². The lowest BCUT2D eigenvalue weighted by Gasteiger charge is -2.20. The van der Waals surface area contributed by atoms with Crippen LogP contribution in [0.25, 0.3) is 0 Å². The Morgan fingerprint density at radius 1 is 1.47 bits per heavy atom. The first-order chi connectivity index (χ1) is 7.92. The molecule has 1 aromatic heterocycles. The summed E-state index contributed by atoms with van der Waals surface area (Å²) in [5.41, 5.74) is -0.192. The molecule has 1 aromatic rings. The van der Waals surface area contributed by atoms with Crippen molar-refractivity contribution in [3.05, 3.63) is 12.2 Å². The predicted molar refractivity (Wildman–Crippen MR) is 65.3 cm³/mol. The number of hydrogen-bond donors (Lipinski definition) is 2. The molecule has 0 radical (unpaired) electrons. The minimum absolute atomic E-state index is 0.0138. The van der Waals surface area contributed by atoms with E-state index in [0.717, 1.165) is 12.4 Å². The third-order valence-corrected chi connectivity index (χ3v) is 2.08. The average Bonchev–Trinajstić information content (AvgIpc) is 2.62. The van der Waals surface area contributed by atoms with Crippen molar-refractivity contribution in [2.45, 2.75) is 46.3 Å². The van der Waals surface area contributed by atoms with E-state index in [1.54, 1.807) is 4.68 Å². The number of carbonyl (C=O) groups excluding carboxylic acids is 1. The first-order valence-corrected chi connectivity index (χ1v) is 5.81. The Hall–Kier alpha value is -1.43. The molecule has 1 amide bonds. The second kappa shape index (κ2) is 5.77. The fourth-order valence-electron chi connectivity index (χ4n) is 1.44. The monoisotopic (exact) mass is 239 g/mol. The van der Waals surface area contributed by atoms with Crippen molar-refractivity contribution in [3.63, 3.8) is 0 Å². The quantitative estimate of drug-likeness (QED) is 0.775. The van der Waals surface area contributed by atoms with Crippen LogP contribution >= 0.6 is 0 Å². The second-order valence-corrected chi connectivity index (χ2v) is 4.89. The van der Waals surface area contributed by atoms with Gasteiger partial charge in [0.15, 0.2) is 0 Å². The third kappa shape index (κ3) is 4.95. The molecule has 17 heavy (non-hydrogen) atoms. The number of aromatic nitrogens is 3. The summed E-state index contributed by atoms with van der Waals surface area (Å²) in [5.74, 6) is 0.830. The van der Waals surface area contributed by atoms with Gasteiger partial charge in [-0.2, -0.15) is 5.10 Å². The highest BCUT2D eigenvalue weighted by atomic mass is 16.2. The Bertz CT molecular complexity index is 366. The fraction of sp³-hybridized carbons (Fsp3) is 0.727. The van der Waals surface area contributed by atoms with Gasteiger partial charge in [-0.05, 0) is 27.7 Å². The normalized spacial score (nSPS) is 11.5. The number of nitrogens with zero attached hydrogens (tertiary/aromatic N) is 3. The minimum atomic E-state index is -0.192. The van der Waals surface area contributed by atoms with Gasteiger partial charge >= 0.3 is 0 Å². The minimum Gasteiger partial charge on any atom is -0.350 e. The van der Waals surface area contributed by atoms with Crippen molar-refractivity contribution in [2.24, 2.45) is 0 Å². The zero-order valence-corrected chi connectivity index (χ0v) is 10.9. The van der Waals surface area contributed by atoms with Gasteiger partial charge in [0.1, 0.15) is 12.2 Å². The van der Waals surface area contributed by atoms with Crippen molar-refractivity contribution >= 4 is 5.91 Å². The van der Waals surface area contributed by atoms with E-state index in [1.807, 2.05) is 27.7 Å². The van der Waals surface area contributed by atoms with Crippen molar-refractivity contribution in [3.8, 4) is 0 Å².